The van der Waals surface area contributed by atoms with E-state index >= 15 is 0 Å². The van der Waals surface area contributed by atoms with Gasteiger partial charge in [0, 0.05) is 17.0 Å². The van der Waals surface area contributed by atoms with E-state index in [1.165, 1.54) is 6.08 Å². The van der Waals surface area contributed by atoms with Crippen LogP contribution < -0.4 is 4.74 Å². The van der Waals surface area contributed by atoms with Crippen LogP contribution in [0.2, 0.25) is 0 Å². The van der Waals surface area contributed by atoms with Gasteiger partial charge in [-0.25, -0.2) is 0 Å². The minimum atomic E-state index is -0.0946. The number of benzene rings is 2. The molecule has 0 aliphatic rings. The highest BCUT2D eigenvalue weighted by Crippen LogP contribution is 2.31. The van der Waals surface area contributed by atoms with Gasteiger partial charge in [-0.05, 0) is 55.0 Å². The molecule has 0 heterocycles. The third kappa shape index (κ3) is 4.96. The van der Waals surface area contributed by atoms with E-state index in [0.29, 0.717) is 17.9 Å². The van der Waals surface area contributed by atoms with Crippen LogP contribution in [0.1, 0.15) is 41.3 Å². The fourth-order valence-electron chi connectivity index (χ4n) is 2.43. The van der Waals surface area contributed by atoms with Gasteiger partial charge in [0.15, 0.2) is 5.78 Å². The summed E-state index contributed by atoms with van der Waals surface area (Å²) in [7, 11) is 0. The number of carbonyl (C=O) groups excluding carboxylic acids is 1. The largest absolute Gasteiger partial charge is 0.508 e. The summed E-state index contributed by atoms with van der Waals surface area (Å²) in [5.74, 6) is 0.881. The Kier molecular flexibility index (Phi) is 6.56. The second-order valence-electron chi connectivity index (χ2n) is 6.21. The number of phenolic OH excluding ortho intramolecular Hbond substituents is 1. The summed E-state index contributed by atoms with van der Waals surface area (Å²) in [6.07, 6.45) is 4.95. The monoisotopic (exact) mass is 348 g/mol. The molecule has 1 unspecified atom stereocenters. The Morgan fingerprint density at radius 1 is 1.23 bits per heavy atom. The molecule has 3 heteroatoms. The van der Waals surface area contributed by atoms with E-state index in [2.05, 4.69) is 13.2 Å². The van der Waals surface area contributed by atoms with Crippen molar-refractivity contribution in [2.24, 2.45) is 0 Å². The summed E-state index contributed by atoms with van der Waals surface area (Å²) in [6, 6.07) is 12.3. The topological polar surface area (TPSA) is 46.5 Å². The zero-order valence-corrected chi connectivity index (χ0v) is 15.2. The molecule has 2 aromatic rings. The Hall–Kier alpha value is -3.07. The summed E-state index contributed by atoms with van der Waals surface area (Å²) < 4.78 is 5.41. The van der Waals surface area contributed by atoms with Crippen molar-refractivity contribution < 1.29 is 14.6 Å². The number of hydrogen-bond acceptors (Lipinski definition) is 3. The molecule has 3 nitrogen and oxygen atoms in total. The zero-order chi connectivity index (χ0) is 19.1. The second kappa shape index (κ2) is 8.86. The molecule has 2 rings (SSSR count). The molecule has 0 amide bonds. The Bertz CT molecular complexity index is 829. The maximum Gasteiger partial charge on any atom is 0.185 e. The average Bonchev–Trinajstić information content (AvgIpc) is 2.65. The molecule has 0 saturated heterocycles. The number of ketones is 1. The molecule has 0 aliphatic heterocycles. The lowest BCUT2D eigenvalue weighted by atomic mass is 9.92. The molecule has 2 aromatic carbocycles. The highest BCUT2D eigenvalue weighted by Gasteiger charge is 2.11. The van der Waals surface area contributed by atoms with E-state index in [4.69, 9.17) is 4.74 Å². The standard InChI is InChI=1S/C23H24O3/c1-5-14-26-20-10-8-19(9-11-20)22(24)12-6-18-7-13-23(25)21(15-18)17(4)16(2)3/h5-13,15,17,25H,1-2,14H2,3-4H3/b12-6+. The molecule has 1 N–H and O–H groups in total. The number of hydrogen-bond donors (Lipinski definition) is 1. The van der Waals surface area contributed by atoms with Crippen LogP contribution in [-0.4, -0.2) is 17.5 Å². The summed E-state index contributed by atoms with van der Waals surface area (Å²) >= 11 is 0. The Morgan fingerprint density at radius 3 is 2.54 bits per heavy atom. The predicted octanol–water partition coefficient (Wildman–Crippen LogP) is 5.53. The van der Waals surface area contributed by atoms with Gasteiger partial charge in [-0.3, -0.25) is 4.79 Å². The molecule has 0 spiro atoms. The number of carbonyl (C=O) groups is 1. The van der Waals surface area contributed by atoms with Crippen LogP contribution in [0, 0.1) is 0 Å². The molecule has 134 valence electrons. The average molecular weight is 348 g/mol. The van der Waals surface area contributed by atoms with Gasteiger partial charge in [0.05, 0.1) is 0 Å². The first kappa shape index (κ1) is 19.3. The fourth-order valence-corrected chi connectivity index (χ4v) is 2.43. The van der Waals surface area contributed by atoms with Crippen molar-refractivity contribution in [3.63, 3.8) is 0 Å². The maximum atomic E-state index is 12.3. The summed E-state index contributed by atoms with van der Waals surface area (Å²) in [5, 5.41) is 10.0. The van der Waals surface area contributed by atoms with Crippen molar-refractivity contribution in [1.29, 1.82) is 0 Å². The highest BCUT2D eigenvalue weighted by atomic mass is 16.5. The van der Waals surface area contributed by atoms with Crippen LogP contribution in [0.25, 0.3) is 6.08 Å². The van der Waals surface area contributed by atoms with Gasteiger partial charge in [0.1, 0.15) is 18.1 Å². The molecule has 0 bridgehead atoms. The van der Waals surface area contributed by atoms with E-state index in [1.54, 1.807) is 48.6 Å². The van der Waals surface area contributed by atoms with E-state index in [0.717, 1.165) is 16.7 Å². The lowest BCUT2D eigenvalue weighted by Crippen LogP contribution is -1.97. The molecule has 26 heavy (non-hydrogen) atoms. The van der Waals surface area contributed by atoms with Crippen LogP contribution in [0.4, 0.5) is 0 Å². The number of allylic oxidation sites excluding steroid dienone is 2. The minimum absolute atomic E-state index is 0.0437. The van der Waals surface area contributed by atoms with Crippen LogP contribution in [-0.2, 0) is 0 Å². The number of aromatic hydroxyl groups is 1. The summed E-state index contributed by atoms with van der Waals surface area (Å²) in [6.45, 7) is 11.9. The smallest absolute Gasteiger partial charge is 0.185 e. The summed E-state index contributed by atoms with van der Waals surface area (Å²) in [4.78, 5) is 12.3. The van der Waals surface area contributed by atoms with Crippen molar-refractivity contribution in [2.75, 3.05) is 6.61 Å². The predicted molar refractivity (Wildman–Crippen MR) is 107 cm³/mol. The summed E-state index contributed by atoms with van der Waals surface area (Å²) in [5.41, 5.74) is 3.21. The third-order valence-electron chi connectivity index (χ3n) is 4.19. The lowest BCUT2D eigenvalue weighted by molar-refractivity contribution is 0.104. The Morgan fingerprint density at radius 2 is 1.92 bits per heavy atom. The van der Waals surface area contributed by atoms with E-state index < -0.39 is 0 Å². The number of phenols is 1. The molecule has 1 atom stereocenters. The van der Waals surface area contributed by atoms with Crippen LogP contribution in [0.15, 0.2) is 73.3 Å². The molecular weight excluding hydrogens is 324 g/mol. The highest BCUT2D eigenvalue weighted by molar-refractivity contribution is 6.06. The van der Waals surface area contributed by atoms with Gasteiger partial charge in [0.2, 0.25) is 0 Å². The van der Waals surface area contributed by atoms with Gasteiger partial charge in [-0.15, -0.1) is 0 Å². The molecule has 0 fully saturated rings. The van der Waals surface area contributed by atoms with Crippen molar-refractivity contribution in [1.82, 2.24) is 0 Å². The van der Waals surface area contributed by atoms with Gasteiger partial charge in [-0.2, -0.15) is 0 Å². The second-order valence-corrected chi connectivity index (χ2v) is 6.21. The maximum absolute atomic E-state index is 12.3. The quantitative estimate of drug-likeness (QED) is 0.387. The van der Waals surface area contributed by atoms with Crippen molar-refractivity contribution in [3.8, 4) is 11.5 Å². The van der Waals surface area contributed by atoms with Crippen molar-refractivity contribution in [3.05, 3.63) is 90.0 Å². The first-order valence-electron chi connectivity index (χ1n) is 8.47. The van der Waals surface area contributed by atoms with Crippen LogP contribution in [0.5, 0.6) is 11.5 Å². The van der Waals surface area contributed by atoms with E-state index in [-0.39, 0.29) is 17.5 Å². The van der Waals surface area contributed by atoms with E-state index in [1.807, 2.05) is 19.9 Å². The SMILES string of the molecule is C=CCOc1ccc(C(=O)/C=C/c2ccc(O)c(C(C)C(=C)C)c2)cc1. The first-order valence-corrected chi connectivity index (χ1v) is 8.47. The van der Waals surface area contributed by atoms with Gasteiger partial charge >= 0.3 is 0 Å². The van der Waals surface area contributed by atoms with Crippen molar-refractivity contribution >= 4 is 11.9 Å². The zero-order valence-electron chi connectivity index (χ0n) is 15.2. The van der Waals surface area contributed by atoms with Crippen LogP contribution >= 0.6 is 0 Å². The van der Waals surface area contributed by atoms with Gasteiger partial charge < -0.3 is 9.84 Å². The van der Waals surface area contributed by atoms with Crippen molar-refractivity contribution in [2.45, 2.75) is 19.8 Å². The van der Waals surface area contributed by atoms with Gasteiger partial charge in [-0.1, -0.05) is 43.9 Å². The fraction of sp³-hybridized carbons (Fsp3) is 0.174. The molecule has 0 aromatic heterocycles. The van der Waals surface area contributed by atoms with E-state index in [9.17, 15) is 9.90 Å². The van der Waals surface area contributed by atoms with Crippen LogP contribution in [0.3, 0.4) is 0 Å². The normalized spacial score (nSPS) is 11.9. The third-order valence-corrected chi connectivity index (χ3v) is 4.19. The molecular formula is C23H24O3. The minimum Gasteiger partial charge on any atom is -0.508 e. The molecule has 0 saturated carbocycles. The molecule has 0 radical (unpaired) electrons. The number of rotatable bonds is 8. The molecule has 0 aliphatic carbocycles. The lowest BCUT2D eigenvalue weighted by Gasteiger charge is -2.14. The Labute approximate surface area is 155 Å². The first-order chi connectivity index (χ1) is 12.4. The Balaban J connectivity index is 2.13. The van der Waals surface area contributed by atoms with Gasteiger partial charge in [0.25, 0.3) is 0 Å². The number of ether oxygens (including phenoxy) is 1.